The average Bonchev–Trinajstić information content (AvgIpc) is 2.93. The van der Waals surface area contributed by atoms with Crippen LogP contribution < -0.4 is 19.1 Å². The van der Waals surface area contributed by atoms with Gasteiger partial charge in [-0.1, -0.05) is 29.8 Å². The molecule has 3 aromatic rings. The van der Waals surface area contributed by atoms with Gasteiger partial charge in [0.25, 0.3) is 10.0 Å². The second kappa shape index (κ2) is 12.4. The van der Waals surface area contributed by atoms with Gasteiger partial charge in [-0.05, 0) is 76.6 Å². The number of nitrogens with one attached hydrogen (secondary N) is 1. The van der Waals surface area contributed by atoms with Crippen molar-refractivity contribution in [1.82, 2.24) is 10.2 Å². The molecule has 224 valence electrons. The predicted octanol–water partition coefficient (Wildman–Crippen LogP) is 4.43. The lowest BCUT2D eigenvalue weighted by molar-refractivity contribution is -0.140. The minimum atomic E-state index is -4.36. The smallest absolute Gasteiger partial charge is 0.264 e. The highest BCUT2D eigenvalue weighted by atomic mass is 32.2. The fourth-order valence-corrected chi connectivity index (χ4v) is 5.94. The lowest BCUT2D eigenvalue weighted by atomic mass is 10.1. The van der Waals surface area contributed by atoms with Crippen LogP contribution >= 0.6 is 0 Å². The van der Waals surface area contributed by atoms with Gasteiger partial charge in [-0.15, -0.1) is 0 Å². The molecule has 0 bridgehead atoms. The van der Waals surface area contributed by atoms with E-state index in [1.54, 1.807) is 6.92 Å². The molecule has 1 aliphatic heterocycles. The van der Waals surface area contributed by atoms with Gasteiger partial charge in [0.2, 0.25) is 11.8 Å². The molecule has 1 heterocycles. The average molecular weight is 598 g/mol. The Labute approximate surface area is 246 Å². The molecule has 11 heteroatoms. The standard InChI is InChI=1S/C31H36FN3O6S/c1-21-7-6-8-23(17-21)19-34(22(2)30(37)33-31(3,4)5)29(36)20-35(25-11-9-24(32)10-12-25)42(38,39)26-13-14-27-28(18-26)41-16-15-40-27/h6-14,17-18,22H,15-16,19-20H2,1-5H3,(H,33,37)/t22-/m1/s1. The molecule has 9 nitrogen and oxygen atoms in total. The molecule has 2 amide bonds. The first-order chi connectivity index (χ1) is 19.7. The van der Waals surface area contributed by atoms with Gasteiger partial charge < -0.3 is 19.7 Å². The number of hydrogen-bond acceptors (Lipinski definition) is 6. The van der Waals surface area contributed by atoms with Crippen molar-refractivity contribution in [3.8, 4) is 11.5 Å². The van der Waals surface area contributed by atoms with Crippen LogP contribution in [0.1, 0.15) is 38.8 Å². The van der Waals surface area contributed by atoms with Gasteiger partial charge in [0.05, 0.1) is 10.6 Å². The van der Waals surface area contributed by atoms with E-state index in [-0.39, 0.29) is 35.4 Å². The fourth-order valence-electron chi connectivity index (χ4n) is 4.51. The Bertz CT molecular complexity index is 1550. The van der Waals surface area contributed by atoms with Crippen molar-refractivity contribution in [3.63, 3.8) is 0 Å². The molecule has 0 aromatic heterocycles. The molecule has 0 saturated carbocycles. The number of anilines is 1. The SMILES string of the molecule is Cc1cccc(CN(C(=O)CN(c2ccc(F)cc2)S(=O)(=O)c2ccc3c(c2)OCCO3)[C@H](C)C(=O)NC(C)(C)C)c1. The second-order valence-corrected chi connectivity index (χ2v) is 13.1. The van der Waals surface area contributed by atoms with Gasteiger partial charge in [0.15, 0.2) is 11.5 Å². The largest absolute Gasteiger partial charge is 0.486 e. The summed E-state index contributed by atoms with van der Waals surface area (Å²) in [5.41, 5.74) is 1.29. The van der Waals surface area contributed by atoms with Crippen LogP contribution in [0.3, 0.4) is 0 Å². The monoisotopic (exact) mass is 597 g/mol. The molecule has 0 radical (unpaired) electrons. The highest BCUT2D eigenvalue weighted by Gasteiger charge is 2.34. The van der Waals surface area contributed by atoms with E-state index >= 15 is 0 Å². The van der Waals surface area contributed by atoms with Gasteiger partial charge in [0, 0.05) is 18.2 Å². The van der Waals surface area contributed by atoms with Crippen molar-refractivity contribution in [1.29, 1.82) is 0 Å². The lowest BCUT2D eigenvalue weighted by Crippen LogP contribution is -2.54. The summed E-state index contributed by atoms with van der Waals surface area (Å²) in [4.78, 5) is 28.5. The van der Waals surface area contributed by atoms with Crippen LogP contribution in [0.15, 0.2) is 71.6 Å². The van der Waals surface area contributed by atoms with Crippen LogP contribution in [0.5, 0.6) is 11.5 Å². The molecular formula is C31H36FN3O6S. The van der Waals surface area contributed by atoms with E-state index in [1.807, 2.05) is 52.0 Å². The molecule has 0 spiro atoms. The van der Waals surface area contributed by atoms with E-state index in [0.29, 0.717) is 12.4 Å². The number of rotatable bonds is 9. The number of benzene rings is 3. The number of amides is 2. The third-order valence-corrected chi connectivity index (χ3v) is 8.37. The molecule has 0 unspecified atom stereocenters. The zero-order valence-corrected chi connectivity index (χ0v) is 25.2. The Balaban J connectivity index is 1.73. The zero-order valence-electron chi connectivity index (χ0n) is 24.4. The Hall–Kier alpha value is -4.12. The Morgan fingerprint density at radius 1 is 0.976 bits per heavy atom. The zero-order chi connectivity index (χ0) is 30.7. The van der Waals surface area contributed by atoms with Crippen LogP contribution in [0, 0.1) is 12.7 Å². The Kier molecular flexibility index (Phi) is 9.10. The summed E-state index contributed by atoms with van der Waals surface area (Å²) in [7, 11) is -4.36. The molecule has 0 saturated heterocycles. The number of sulfonamides is 1. The van der Waals surface area contributed by atoms with E-state index < -0.39 is 39.9 Å². The van der Waals surface area contributed by atoms with E-state index in [2.05, 4.69) is 5.32 Å². The van der Waals surface area contributed by atoms with Crippen molar-refractivity contribution >= 4 is 27.5 Å². The maximum atomic E-state index is 14.0. The third-order valence-electron chi connectivity index (χ3n) is 6.60. The van der Waals surface area contributed by atoms with Gasteiger partial charge in [-0.2, -0.15) is 0 Å². The van der Waals surface area contributed by atoms with Crippen molar-refractivity contribution in [3.05, 3.63) is 83.7 Å². The van der Waals surface area contributed by atoms with Gasteiger partial charge in [0.1, 0.15) is 31.6 Å². The minimum absolute atomic E-state index is 0.0700. The van der Waals surface area contributed by atoms with Crippen molar-refractivity contribution in [2.45, 2.75) is 57.6 Å². The van der Waals surface area contributed by atoms with Crippen molar-refractivity contribution in [2.24, 2.45) is 0 Å². The van der Waals surface area contributed by atoms with Gasteiger partial charge >= 0.3 is 0 Å². The summed E-state index contributed by atoms with van der Waals surface area (Å²) in [5, 5.41) is 2.90. The van der Waals surface area contributed by atoms with Crippen LogP contribution in [0.25, 0.3) is 0 Å². The number of nitrogens with zero attached hydrogens (tertiary/aromatic N) is 2. The topological polar surface area (TPSA) is 105 Å². The van der Waals surface area contributed by atoms with Crippen molar-refractivity contribution in [2.75, 3.05) is 24.1 Å². The fraction of sp³-hybridized carbons (Fsp3) is 0.355. The highest BCUT2D eigenvalue weighted by molar-refractivity contribution is 7.92. The van der Waals surface area contributed by atoms with Crippen molar-refractivity contribution < 1.29 is 31.9 Å². The number of fused-ring (bicyclic) bond motifs is 1. The molecule has 4 rings (SSSR count). The lowest BCUT2D eigenvalue weighted by Gasteiger charge is -2.33. The van der Waals surface area contributed by atoms with Crippen LogP contribution in [0.2, 0.25) is 0 Å². The van der Waals surface area contributed by atoms with E-state index in [1.165, 1.54) is 35.2 Å². The summed E-state index contributed by atoms with van der Waals surface area (Å²) in [6, 6.07) is 15.6. The quantitative estimate of drug-likeness (QED) is 0.391. The summed E-state index contributed by atoms with van der Waals surface area (Å²) >= 11 is 0. The molecule has 0 fully saturated rings. The first-order valence-electron chi connectivity index (χ1n) is 13.6. The summed E-state index contributed by atoms with van der Waals surface area (Å²) < 4.78 is 53.9. The molecule has 1 N–H and O–H groups in total. The number of carbonyl (C=O) groups excluding carboxylic acids is 2. The van der Waals surface area contributed by atoms with Crippen LogP contribution in [0.4, 0.5) is 10.1 Å². The third kappa shape index (κ3) is 7.39. The number of halogens is 1. The van der Waals surface area contributed by atoms with Crippen LogP contribution in [-0.2, 0) is 26.2 Å². The molecule has 0 aliphatic carbocycles. The molecule has 1 aliphatic rings. The molecule has 1 atom stereocenters. The number of hydrogen-bond donors (Lipinski definition) is 1. The maximum Gasteiger partial charge on any atom is 0.264 e. The number of ether oxygens (including phenoxy) is 2. The molecule has 3 aromatic carbocycles. The van der Waals surface area contributed by atoms with E-state index in [0.717, 1.165) is 27.6 Å². The predicted molar refractivity (Wildman–Crippen MR) is 157 cm³/mol. The van der Waals surface area contributed by atoms with E-state index in [9.17, 15) is 22.4 Å². The number of carbonyl (C=O) groups is 2. The van der Waals surface area contributed by atoms with Crippen LogP contribution in [-0.4, -0.2) is 56.5 Å². The number of aryl methyl sites for hydroxylation is 1. The second-order valence-electron chi connectivity index (χ2n) is 11.2. The Morgan fingerprint density at radius 3 is 2.29 bits per heavy atom. The summed E-state index contributed by atoms with van der Waals surface area (Å²) in [5.74, 6) is -0.880. The first kappa shape index (κ1) is 30.8. The first-order valence-corrected chi connectivity index (χ1v) is 15.0. The minimum Gasteiger partial charge on any atom is -0.486 e. The summed E-state index contributed by atoms with van der Waals surface area (Å²) in [6.45, 7) is 9.06. The maximum absolute atomic E-state index is 14.0. The Morgan fingerprint density at radius 2 is 1.64 bits per heavy atom. The molecule has 42 heavy (non-hydrogen) atoms. The molecular weight excluding hydrogens is 561 g/mol. The van der Waals surface area contributed by atoms with Gasteiger partial charge in [-0.25, -0.2) is 12.8 Å². The van der Waals surface area contributed by atoms with Gasteiger partial charge in [-0.3, -0.25) is 13.9 Å². The normalized spacial score (nSPS) is 13.7. The van der Waals surface area contributed by atoms with E-state index in [4.69, 9.17) is 9.47 Å². The highest BCUT2D eigenvalue weighted by Crippen LogP contribution is 2.34. The summed E-state index contributed by atoms with van der Waals surface area (Å²) in [6.07, 6.45) is 0.